The second-order valence-corrected chi connectivity index (χ2v) is 5.76. The van der Waals surface area contributed by atoms with E-state index in [0.29, 0.717) is 6.54 Å². The minimum atomic E-state index is -0.577. The van der Waals surface area contributed by atoms with Gasteiger partial charge in [0.2, 0.25) is 0 Å². The first kappa shape index (κ1) is 15.0. The van der Waals surface area contributed by atoms with E-state index in [-0.39, 0.29) is 0 Å². The Hall–Kier alpha value is -1.36. The van der Waals surface area contributed by atoms with Gasteiger partial charge in [0.25, 0.3) is 0 Å². The number of rotatable bonds is 6. The van der Waals surface area contributed by atoms with Crippen LogP contribution in [0.3, 0.4) is 0 Å². The number of nitrogens with one attached hydrogen (secondary N) is 2. The van der Waals surface area contributed by atoms with Crippen LogP contribution >= 0.6 is 0 Å². The molecular formula is C15H26N4O. The van der Waals surface area contributed by atoms with Crippen LogP contribution in [0.5, 0.6) is 0 Å². The maximum Gasteiger partial charge on any atom is 0.134 e. The Morgan fingerprint density at radius 1 is 1.15 bits per heavy atom. The highest BCUT2D eigenvalue weighted by Gasteiger charge is 2.29. The molecule has 0 atom stereocenters. The normalized spacial score (nSPS) is 17.8. The standard InChI is InChI=1S/C15H26N4O/c1-3-9-16-13-12(2)14(19-11-18-13)17-10-15(20)7-5-4-6-8-15/h11,20H,3-10H2,1-2H3,(H2,16,17,18,19). The van der Waals surface area contributed by atoms with E-state index in [4.69, 9.17) is 0 Å². The Kier molecular flexibility index (Phi) is 5.17. The van der Waals surface area contributed by atoms with Crippen LogP contribution in [-0.2, 0) is 0 Å². The summed E-state index contributed by atoms with van der Waals surface area (Å²) in [6.07, 6.45) is 7.86. The first-order valence-corrected chi connectivity index (χ1v) is 7.66. The highest BCUT2D eigenvalue weighted by Crippen LogP contribution is 2.28. The third kappa shape index (κ3) is 3.82. The first-order chi connectivity index (χ1) is 9.64. The van der Waals surface area contributed by atoms with Gasteiger partial charge in [0.05, 0.1) is 5.60 Å². The van der Waals surface area contributed by atoms with Crippen molar-refractivity contribution in [2.75, 3.05) is 23.7 Å². The summed E-state index contributed by atoms with van der Waals surface area (Å²) < 4.78 is 0. The Labute approximate surface area is 121 Å². The summed E-state index contributed by atoms with van der Waals surface area (Å²) in [5.41, 5.74) is 0.437. The lowest BCUT2D eigenvalue weighted by molar-refractivity contribution is 0.0166. The second-order valence-electron chi connectivity index (χ2n) is 5.76. The minimum absolute atomic E-state index is 0.568. The molecule has 0 radical (unpaired) electrons. The molecule has 1 aromatic heterocycles. The monoisotopic (exact) mass is 278 g/mol. The lowest BCUT2D eigenvalue weighted by atomic mass is 9.85. The van der Waals surface area contributed by atoms with Crippen LogP contribution in [0.2, 0.25) is 0 Å². The van der Waals surface area contributed by atoms with Gasteiger partial charge in [0.1, 0.15) is 18.0 Å². The number of aliphatic hydroxyl groups is 1. The van der Waals surface area contributed by atoms with E-state index < -0.39 is 5.60 Å². The lowest BCUT2D eigenvalue weighted by Crippen LogP contribution is -2.39. The van der Waals surface area contributed by atoms with Crippen molar-refractivity contribution in [3.63, 3.8) is 0 Å². The van der Waals surface area contributed by atoms with Crippen LogP contribution in [0, 0.1) is 6.92 Å². The number of hydrogen-bond acceptors (Lipinski definition) is 5. The van der Waals surface area contributed by atoms with Crippen molar-refractivity contribution in [2.24, 2.45) is 0 Å². The van der Waals surface area contributed by atoms with E-state index in [1.165, 1.54) is 6.42 Å². The molecule has 0 aliphatic heterocycles. The molecule has 5 nitrogen and oxygen atoms in total. The van der Waals surface area contributed by atoms with Gasteiger partial charge in [-0.3, -0.25) is 0 Å². The molecule has 2 rings (SSSR count). The van der Waals surface area contributed by atoms with E-state index in [0.717, 1.165) is 55.8 Å². The van der Waals surface area contributed by atoms with Gasteiger partial charge in [-0.1, -0.05) is 26.2 Å². The van der Waals surface area contributed by atoms with Gasteiger partial charge in [0, 0.05) is 18.7 Å². The van der Waals surface area contributed by atoms with Gasteiger partial charge >= 0.3 is 0 Å². The van der Waals surface area contributed by atoms with Crippen molar-refractivity contribution >= 4 is 11.6 Å². The van der Waals surface area contributed by atoms with Crippen LogP contribution in [0.15, 0.2) is 6.33 Å². The molecule has 1 aliphatic rings. The van der Waals surface area contributed by atoms with Crippen LogP contribution in [0.4, 0.5) is 11.6 Å². The SMILES string of the molecule is CCCNc1ncnc(NCC2(O)CCCCC2)c1C. The number of hydrogen-bond donors (Lipinski definition) is 3. The van der Waals surface area contributed by atoms with Gasteiger partial charge in [-0.2, -0.15) is 0 Å². The molecule has 1 heterocycles. The van der Waals surface area contributed by atoms with Gasteiger partial charge in [-0.05, 0) is 26.2 Å². The van der Waals surface area contributed by atoms with Crippen LogP contribution < -0.4 is 10.6 Å². The van der Waals surface area contributed by atoms with Gasteiger partial charge < -0.3 is 15.7 Å². The highest BCUT2D eigenvalue weighted by molar-refractivity contribution is 5.56. The van der Waals surface area contributed by atoms with Crippen molar-refractivity contribution in [1.82, 2.24) is 9.97 Å². The molecular weight excluding hydrogens is 252 g/mol. The van der Waals surface area contributed by atoms with Crippen LogP contribution in [0.1, 0.15) is 51.0 Å². The first-order valence-electron chi connectivity index (χ1n) is 7.66. The maximum absolute atomic E-state index is 10.5. The molecule has 112 valence electrons. The number of nitrogens with zero attached hydrogens (tertiary/aromatic N) is 2. The second kappa shape index (κ2) is 6.88. The molecule has 1 aliphatic carbocycles. The zero-order valence-corrected chi connectivity index (χ0v) is 12.6. The van der Waals surface area contributed by atoms with Crippen molar-refractivity contribution in [1.29, 1.82) is 0 Å². The Morgan fingerprint density at radius 3 is 2.45 bits per heavy atom. The van der Waals surface area contributed by atoms with Crippen molar-refractivity contribution in [3.8, 4) is 0 Å². The molecule has 5 heteroatoms. The Bertz CT molecular complexity index is 430. The fraction of sp³-hybridized carbons (Fsp3) is 0.733. The summed E-state index contributed by atoms with van der Waals surface area (Å²) in [5, 5.41) is 17.1. The molecule has 0 aromatic carbocycles. The fourth-order valence-electron chi connectivity index (χ4n) is 2.68. The zero-order chi connectivity index (χ0) is 14.4. The van der Waals surface area contributed by atoms with Crippen molar-refractivity contribution in [3.05, 3.63) is 11.9 Å². The van der Waals surface area contributed by atoms with Gasteiger partial charge in [0.15, 0.2) is 0 Å². The lowest BCUT2D eigenvalue weighted by Gasteiger charge is -2.32. The molecule has 1 aromatic rings. The van der Waals surface area contributed by atoms with Crippen LogP contribution in [0.25, 0.3) is 0 Å². The van der Waals surface area contributed by atoms with Crippen molar-refractivity contribution < 1.29 is 5.11 Å². The largest absolute Gasteiger partial charge is 0.388 e. The molecule has 1 fully saturated rings. The summed E-state index contributed by atoms with van der Waals surface area (Å²) in [5.74, 6) is 1.69. The maximum atomic E-state index is 10.5. The summed E-state index contributed by atoms with van der Waals surface area (Å²) in [4.78, 5) is 8.55. The smallest absolute Gasteiger partial charge is 0.134 e. The topological polar surface area (TPSA) is 70.1 Å². The zero-order valence-electron chi connectivity index (χ0n) is 12.6. The molecule has 1 saturated carbocycles. The Morgan fingerprint density at radius 2 is 1.80 bits per heavy atom. The molecule has 3 N–H and O–H groups in total. The quantitative estimate of drug-likeness (QED) is 0.746. The predicted octanol–water partition coefficient (Wildman–Crippen LogP) is 2.71. The summed E-state index contributed by atoms with van der Waals surface area (Å²) in [6, 6.07) is 0. The molecule has 0 saturated heterocycles. The molecule has 0 unspecified atom stereocenters. The van der Waals surface area contributed by atoms with Gasteiger partial charge in [-0.25, -0.2) is 9.97 Å². The summed E-state index contributed by atoms with van der Waals surface area (Å²) >= 11 is 0. The summed E-state index contributed by atoms with van der Waals surface area (Å²) in [7, 11) is 0. The summed E-state index contributed by atoms with van der Waals surface area (Å²) in [6.45, 7) is 5.60. The van der Waals surface area contributed by atoms with E-state index in [9.17, 15) is 5.11 Å². The van der Waals surface area contributed by atoms with E-state index in [1.807, 2.05) is 6.92 Å². The Balaban J connectivity index is 1.98. The number of aromatic nitrogens is 2. The number of anilines is 2. The molecule has 20 heavy (non-hydrogen) atoms. The molecule has 0 amide bonds. The molecule has 0 bridgehead atoms. The third-order valence-electron chi connectivity index (χ3n) is 4.00. The van der Waals surface area contributed by atoms with Crippen molar-refractivity contribution in [2.45, 2.75) is 58.0 Å². The predicted molar refractivity (Wildman–Crippen MR) is 82.1 cm³/mol. The van der Waals surface area contributed by atoms with Gasteiger partial charge in [-0.15, -0.1) is 0 Å². The van der Waals surface area contributed by atoms with Crippen LogP contribution in [-0.4, -0.2) is 33.8 Å². The minimum Gasteiger partial charge on any atom is -0.388 e. The highest BCUT2D eigenvalue weighted by atomic mass is 16.3. The van der Waals surface area contributed by atoms with E-state index in [1.54, 1.807) is 6.33 Å². The average molecular weight is 278 g/mol. The van der Waals surface area contributed by atoms with E-state index >= 15 is 0 Å². The third-order valence-corrected chi connectivity index (χ3v) is 4.00. The fourth-order valence-corrected chi connectivity index (χ4v) is 2.68. The van der Waals surface area contributed by atoms with E-state index in [2.05, 4.69) is 27.5 Å². The molecule has 0 spiro atoms. The average Bonchev–Trinajstić information content (AvgIpc) is 2.46.